The molecule has 4 aromatic rings. The number of halogens is 4. The molecule has 1 atom stereocenters. The van der Waals surface area contributed by atoms with Crippen LogP contribution in [0.3, 0.4) is 0 Å². The van der Waals surface area contributed by atoms with Gasteiger partial charge in [0.2, 0.25) is 0 Å². The van der Waals surface area contributed by atoms with E-state index < -0.39 is 25.6 Å². The fourth-order valence-electron chi connectivity index (χ4n) is 4.68. The summed E-state index contributed by atoms with van der Waals surface area (Å²) in [4.78, 5) is 8.12. The molecule has 2 heterocycles. The zero-order chi connectivity index (χ0) is 28.3. The number of pyridine rings is 1. The van der Waals surface area contributed by atoms with Crippen LogP contribution in [-0.2, 0) is 10.8 Å². The largest absolute Gasteiger partial charge is 0.441 e. The Morgan fingerprint density at radius 3 is 2.05 bits per heavy atom. The van der Waals surface area contributed by atoms with E-state index in [4.69, 9.17) is 25.7 Å². The third kappa shape index (κ3) is 6.09. The summed E-state index contributed by atoms with van der Waals surface area (Å²) in [6, 6.07) is 23.3. The van der Waals surface area contributed by atoms with E-state index in [-0.39, 0.29) is 35.3 Å². The molecule has 0 fully saturated rings. The molecule has 2 aromatic heterocycles. The van der Waals surface area contributed by atoms with E-state index >= 15 is 0 Å². The minimum atomic E-state index is -4.62. The van der Waals surface area contributed by atoms with Crippen LogP contribution >= 0.6 is 11.6 Å². The highest BCUT2D eigenvalue weighted by Crippen LogP contribution is 2.40. The Morgan fingerprint density at radius 2 is 1.56 bits per heavy atom. The molecule has 0 aliphatic heterocycles. The summed E-state index contributed by atoms with van der Waals surface area (Å²) in [6.07, 6.45) is -5.78. The average molecular weight is 570 g/mol. The number of alkyl halides is 3. The number of nitrogens with zero attached hydrogens (tertiary/aromatic N) is 3. The lowest BCUT2D eigenvalue weighted by Crippen LogP contribution is -2.68. The lowest BCUT2D eigenvalue weighted by Gasteiger charge is -2.45. The molecule has 0 saturated heterocycles. The lowest BCUT2D eigenvalue weighted by molar-refractivity contribution is -0.199. The molecule has 0 saturated carbocycles. The molecule has 0 N–H and O–H groups in total. The van der Waals surface area contributed by atoms with E-state index in [2.05, 4.69) is 9.97 Å². The van der Waals surface area contributed by atoms with Gasteiger partial charge in [0.1, 0.15) is 23.0 Å². The van der Waals surface area contributed by atoms with Crippen molar-refractivity contribution in [3.8, 4) is 17.4 Å². The standard InChI is InChI=1S/C29H27ClF3N3O2Si/c1-28(2,3)39(21-10-6-4-7-11-21,22-12-8-5-9-13-22)38-25(29(31,32)33)16-17-26-35-19-24(37-26)23-15-14-20(18-34)36-27(23)30/h4-15,19,25H,16-17H2,1-3H3. The van der Waals surface area contributed by atoms with Crippen LogP contribution in [0.5, 0.6) is 0 Å². The van der Waals surface area contributed by atoms with E-state index in [1.165, 1.54) is 12.3 Å². The van der Waals surface area contributed by atoms with Gasteiger partial charge in [-0.05, 0) is 34.0 Å². The third-order valence-corrected chi connectivity index (χ3v) is 11.8. The summed E-state index contributed by atoms with van der Waals surface area (Å²) in [7, 11) is -3.45. The average Bonchev–Trinajstić information content (AvgIpc) is 3.37. The SMILES string of the molecule is CC(C)(C)[Si](OC(CCc1ncc(-c2ccc(C#N)nc2Cl)o1)C(F)(F)F)(c1ccccc1)c1ccccc1. The zero-order valence-corrected chi connectivity index (χ0v) is 23.4. The molecule has 1 unspecified atom stereocenters. The van der Waals surface area contributed by atoms with Crippen molar-refractivity contribution in [3.05, 3.63) is 95.7 Å². The number of aromatic nitrogens is 2. The number of rotatable bonds is 8. The molecule has 5 nitrogen and oxygen atoms in total. The smallest absolute Gasteiger partial charge is 0.413 e. The summed E-state index contributed by atoms with van der Waals surface area (Å²) in [5.41, 5.74) is 0.530. The zero-order valence-electron chi connectivity index (χ0n) is 21.7. The molecule has 10 heteroatoms. The highest BCUT2D eigenvalue weighted by Gasteiger charge is 2.55. The quantitative estimate of drug-likeness (QED) is 0.174. The summed E-state index contributed by atoms with van der Waals surface area (Å²) in [5.74, 6) is 0.370. The Balaban J connectivity index is 1.67. The van der Waals surface area contributed by atoms with Crippen molar-refractivity contribution in [1.82, 2.24) is 9.97 Å². The summed E-state index contributed by atoms with van der Waals surface area (Å²) >= 11 is 6.16. The van der Waals surface area contributed by atoms with Crippen molar-refractivity contribution >= 4 is 30.3 Å². The fraction of sp³-hybridized carbons (Fsp3) is 0.276. The van der Waals surface area contributed by atoms with Crippen LogP contribution < -0.4 is 10.4 Å². The monoisotopic (exact) mass is 569 g/mol. The van der Waals surface area contributed by atoms with Crippen LogP contribution in [0, 0.1) is 11.3 Å². The van der Waals surface area contributed by atoms with Crippen LogP contribution in [0.4, 0.5) is 13.2 Å². The van der Waals surface area contributed by atoms with Gasteiger partial charge in [-0.25, -0.2) is 9.97 Å². The van der Waals surface area contributed by atoms with Crippen LogP contribution in [-0.4, -0.2) is 30.6 Å². The topological polar surface area (TPSA) is 71.9 Å². The molecule has 0 amide bonds. The maximum Gasteiger partial charge on any atom is 0.413 e. The number of benzene rings is 2. The molecule has 0 aliphatic carbocycles. The third-order valence-electron chi connectivity index (χ3n) is 6.50. The fourth-order valence-corrected chi connectivity index (χ4v) is 9.62. The van der Waals surface area contributed by atoms with E-state index in [0.29, 0.717) is 5.56 Å². The van der Waals surface area contributed by atoms with Gasteiger partial charge >= 0.3 is 6.18 Å². The predicted octanol–water partition coefficient (Wildman–Crippen LogP) is 6.70. The van der Waals surface area contributed by atoms with Gasteiger partial charge in [0.15, 0.2) is 11.7 Å². The lowest BCUT2D eigenvalue weighted by atomic mass is 10.2. The summed E-state index contributed by atoms with van der Waals surface area (Å²) in [5, 5.41) is 9.94. The number of hydrogen-bond acceptors (Lipinski definition) is 5. The van der Waals surface area contributed by atoms with Crippen molar-refractivity contribution in [3.63, 3.8) is 0 Å². The van der Waals surface area contributed by atoms with E-state index in [9.17, 15) is 13.2 Å². The first-order chi connectivity index (χ1) is 18.5. The highest BCUT2D eigenvalue weighted by atomic mass is 35.5. The Bertz CT molecular complexity index is 1410. The van der Waals surface area contributed by atoms with Gasteiger partial charge in [0.25, 0.3) is 8.32 Å². The summed E-state index contributed by atoms with van der Waals surface area (Å²) < 4.78 is 55.8. The van der Waals surface area contributed by atoms with Crippen molar-refractivity contribution < 1.29 is 22.0 Å². The Kier molecular flexibility index (Phi) is 8.30. The number of aryl methyl sites for hydroxylation is 1. The highest BCUT2D eigenvalue weighted by molar-refractivity contribution is 6.99. The van der Waals surface area contributed by atoms with Gasteiger partial charge in [0, 0.05) is 6.42 Å². The molecule has 202 valence electrons. The van der Waals surface area contributed by atoms with Gasteiger partial charge in [-0.1, -0.05) is 93.0 Å². The second-order valence-electron chi connectivity index (χ2n) is 10.1. The van der Waals surface area contributed by atoms with E-state index in [1.807, 2.05) is 87.5 Å². The van der Waals surface area contributed by atoms with Crippen molar-refractivity contribution in [1.29, 1.82) is 5.26 Å². The summed E-state index contributed by atoms with van der Waals surface area (Å²) in [6.45, 7) is 5.80. The van der Waals surface area contributed by atoms with Crippen LogP contribution in [0.2, 0.25) is 10.2 Å². The van der Waals surface area contributed by atoms with Crippen LogP contribution in [0.1, 0.15) is 38.8 Å². The van der Waals surface area contributed by atoms with Gasteiger partial charge in [-0.3, -0.25) is 0 Å². The maximum absolute atomic E-state index is 14.6. The van der Waals surface area contributed by atoms with Crippen molar-refractivity contribution in [2.45, 2.75) is 50.9 Å². The van der Waals surface area contributed by atoms with Gasteiger partial charge in [-0.15, -0.1) is 0 Å². The Labute approximate surface area is 231 Å². The first-order valence-corrected chi connectivity index (χ1v) is 14.6. The Hall–Kier alpha value is -3.45. The first kappa shape index (κ1) is 28.6. The molecule has 39 heavy (non-hydrogen) atoms. The second-order valence-corrected chi connectivity index (χ2v) is 14.7. The Morgan fingerprint density at radius 1 is 0.974 bits per heavy atom. The maximum atomic E-state index is 14.6. The molecule has 4 rings (SSSR count). The van der Waals surface area contributed by atoms with Gasteiger partial charge < -0.3 is 8.84 Å². The van der Waals surface area contributed by atoms with Gasteiger partial charge in [0.05, 0.1) is 11.8 Å². The molecule has 0 spiro atoms. The first-order valence-electron chi connectivity index (χ1n) is 12.3. The van der Waals surface area contributed by atoms with E-state index in [0.717, 1.165) is 10.4 Å². The molecule has 0 aliphatic rings. The van der Waals surface area contributed by atoms with Crippen molar-refractivity contribution in [2.24, 2.45) is 0 Å². The number of hydrogen-bond donors (Lipinski definition) is 0. The minimum absolute atomic E-state index is 0.0416. The van der Waals surface area contributed by atoms with Crippen molar-refractivity contribution in [2.75, 3.05) is 0 Å². The van der Waals surface area contributed by atoms with Crippen LogP contribution in [0.25, 0.3) is 11.3 Å². The molecular formula is C29H27ClF3N3O2Si. The molecular weight excluding hydrogens is 543 g/mol. The van der Waals surface area contributed by atoms with Crippen LogP contribution in [0.15, 0.2) is 83.4 Å². The second kappa shape index (κ2) is 11.3. The normalized spacial score (nSPS) is 13.2. The predicted molar refractivity (Wildman–Crippen MR) is 146 cm³/mol. The van der Waals surface area contributed by atoms with E-state index in [1.54, 1.807) is 6.07 Å². The molecule has 0 radical (unpaired) electrons. The molecule has 2 aromatic carbocycles. The number of oxazole rings is 1. The molecule has 0 bridgehead atoms. The van der Waals surface area contributed by atoms with Gasteiger partial charge in [-0.2, -0.15) is 18.4 Å². The minimum Gasteiger partial charge on any atom is -0.441 e. The number of nitriles is 1.